The van der Waals surface area contributed by atoms with E-state index >= 15 is 0 Å². The largest absolute Gasteiger partial charge is 0.478 e. The van der Waals surface area contributed by atoms with E-state index in [1.807, 2.05) is 6.26 Å². The molecule has 0 aliphatic rings. The average molecular weight is 243 g/mol. The smallest absolute Gasteiger partial charge is 0.338 e. The van der Waals surface area contributed by atoms with E-state index < -0.39 is 11.8 Å². The van der Waals surface area contributed by atoms with Gasteiger partial charge < -0.3 is 10.4 Å². The molecule has 88 valence electrons. The van der Waals surface area contributed by atoms with Crippen molar-refractivity contribution >= 4 is 17.7 Å². The molecule has 0 aliphatic heterocycles. The van der Waals surface area contributed by atoms with Gasteiger partial charge in [-0.2, -0.15) is 11.8 Å². The van der Waals surface area contributed by atoms with Crippen molar-refractivity contribution in [2.24, 2.45) is 0 Å². The van der Waals surface area contributed by atoms with Gasteiger partial charge in [0.15, 0.2) is 0 Å². The molecule has 0 saturated heterocycles. The molecule has 2 N–H and O–H groups in total. The zero-order valence-corrected chi connectivity index (χ0v) is 9.81. The number of halogens is 1. The van der Waals surface area contributed by atoms with Crippen LogP contribution in [0.4, 0.5) is 4.39 Å². The van der Waals surface area contributed by atoms with Crippen molar-refractivity contribution in [1.29, 1.82) is 0 Å². The van der Waals surface area contributed by atoms with Crippen LogP contribution in [-0.2, 0) is 6.54 Å². The monoisotopic (exact) mass is 243 g/mol. The number of aromatic carboxylic acids is 1. The molecule has 0 radical (unpaired) electrons. The van der Waals surface area contributed by atoms with Gasteiger partial charge in [0.05, 0.1) is 5.56 Å². The lowest BCUT2D eigenvalue weighted by Crippen LogP contribution is -2.16. The Kier molecular flexibility index (Phi) is 5.28. The second kappa shape index (κ2) is 6.50. The summed E-state index contributed by atoms with van der Waals surface area (Å²) in [6, 6.07) is 4.18. The van der Waals surface area contributed by atoms with Gasteiger partial charge in [0.1, 0.15) is 5.82 Å². The summed E-state index contributed by atoms with van der Waals surface area (Å²) in [4.78, 5) is 10.6. The molecular formula is C11H14FNO2S. The van der Waals surface area contributed by atoms with Gasteiger partial charge in [-0.1, -0.05) is 6.07 Å². The molecule has 16 heavy (non-hydrogen) atoms. The molecule has 1 aromatic rings. The molecule has 0 spiro atoms. The average Bonchev–Trinajstić information content (AvgIpc) is 2.24. The van der Waals surface area contributed by atoms with E-state index in [4.69, 9.17) is 5.11 Å². The van der Waals surface area contributed by atoms with E-state index in [-0.39, 0.29) is 5.56 Å². The fraction of sp³-hybridized carbons (Fsp3) is 0.364. The van der Waals surface area contributed by atoms with E-state index in [9.17, 15) is 9.18 Å². The van der Waals surface area contributed by atoms with E-state index in [1.54, 1.807) is 17.8 Å². The Morgan fingerprint density at radius 3 is 2.88 bits per heavy atom. The Morgan fingerprint density at radius 1 is 1.56 bits per heavy atom. The topological polar surface area (TPSA) is 49.3 Å². The molecule has 0 atom stereocenters. The van der Waals surface area contributed by atoms with Gasteiger partial charge in [-0.3, -0.25) is 0 Å². The SMILES string of the molecule is CSCCNCc1ccc(C(=O)O)c(F)c1. The highest BCUT2D eigenvalue weighted by Crippen LogP contribution is 2.10. The fourth-order valence-electron chi connectivity index (χ4n) is 1.25. The van der Waals surface area contributed by atoms with E-state index in [0.717, 1.165) is 17.9 Å². The molecule has 0 unspecified atom stereocenters. The fourth-order valence-corrected chi connectivity index (χ4v) is 1.60. The Labute approximate surface area is 98.1 Å². The summed E-state index contributed by atoms with van der Waals surface area (Å²) in [6.45, 7) is 1.40. The molecule has 1 rings (SSSR count). The summed E-state index contributed by atoms with van der Waals surface area (Å²) in [6.07, 6.45) is 2.02. The number of carboxylic acids is 1. The highest BCUT2D eigenvalue weighted by Gasteiger charge is 2.09. The van der Waals surface area contributed by atoms with Crippen molar-refractivity contribution in [1.82, 2.24) is 5.32 Å². The van der Waals surface area contributed by atoms with Gasteiger partial charge in [0.25, 0.3) is 0 Å². The molecule has 0 amide bonds. The molecular weight excluding hydrogens is 229 g/mol. The number of hydrogen-bond donors (Lipinski definition) is 2. The first kappa shape index (κ1) is 13.0. The van der Waals surface area contributed by atoms with Crippen LogP contribution in [0.5, 0.6) is 0 Å². The summed E-state index contributed by atoms with van der Waals surface area (Å²) in [7, 11) is 0. The lowest BCUT2D eigenvalue weighted by Gasteiger charge is -2.05. The van der Waals surface area contributed by atoms with Gasteiger partial charge >= 0.3 is 5.97 Å². The number of benzene rings is 1. The molecule has 0 aromatic heterocycles. The highest BCUT2D eigenvalue weighted by molar-refractivity contribution is 7.98. The maximum absolute atomic E-state index is 13.3. The van der Waals surface area contributed by atoms with Gasteiger partial charge in [0, 0.05) is 18.8 Å². The van der Waals surface area contributed by atoms with E-state index in [1.165, 1.54) is 12.1 Å². The van der Waals surface area contributed by atoms with Gasteiger partial charge in [-0.05, 0) is 24.0 Å². The molecule has 5 heteroatoms. The first-order valence-corrected chi connectivity index (χ1v) is 6.26. The van der Waals surface area contributed by atoms with Crippen LogP contribution in [0.1, 0.15) is 15.9 Å². The molecule has 0 bridgehead atoms. The Balaban J connectivity index is 2.56. The zero-order chi connectivity index (χ0) is 12.0. The molecule has 1 aromatic carbocycles. The molecule has 0 heterocycles. The molecule has 0 saturated carbocycles. The van der Waals surface area contributed by atoms with E-state index in [2.05, 4.69) is 5.32 Å². The van der Waals surface area contributed by atoms with Crippen molar-refractivity contribution in [3.63, 3.8) is 0 Å². The third-order valence-electron chi connectivity index (χ3n) is 2.08. The summed E-state index contributed by atoms with van der Waals surface area (Å²) in [5.41, 5.74) is 0.469. The summed E-state index contributed by atoms with van der Waals surface area (Å²) in [5, 5.41) is 11.8. The van der Waals surface area contributed by atoms with Crippen LogP contribution in [0.2, 0.25) is 0 Å². The number of thioether (sulfide) groups is 1. The van der Waals surface area contributed by atoms with Gasteiger partial charge in [-0.15, -0.1) is 0 Å². The first-order chi connectivity index (χ1) is 7.65. The van der Waals surface area contributed by atoms with Crippen molar-refractivity contribution in [2.45, 2.75) is 6.54 Å². The maximum atomic E-state index is 13.3. The lowest BCUT2D eigenvalue weighted by molar-refractivity contribution is 0.0692. The van der Waals surface area contributed by atoms with Crippen molar-refractivity contribution in [3.05, 3.63) is 35.1 Å². The minimum Gasteiger partial charge on any atom is -0.478 e. The maximum Gasteiger partial charge on any atom is 0.338 e. The van der Waals surface area contributed by atoms with Crippen LogP contribution in [0.3, 0.4) is 0 Å². The van der Waals surface area contributed by atoms with Crippen LogP contribution in [0.25, 0.3) is 0 Å². The standard InChI is InChI=1S/C11H14FNO2S/c1-16-5-4-13-7-8-2-3-9(11(14)15)10(12)6-8/h2-3,6,13H,4-5,7H2,1H3,(H,14,15). The molecule has 0 aliphatic carbocycles. The van der Waals surface area contributed by atoms with Crippen molar-refractivity contribution < 1.29 is 14.3 Å². The Hall–Kier alpha value is -1.07. The van der Waals surface area contributed by atoms with E-state index in [0.29, 0.717) is 6.54 Å². The lowest BCUT2D eigenvalue weighted by atomic mass is 10.1. The number of carbonyl (C=O) groups is 1. The number of rotatable bonds is 6. The van der Waals surface area contributed by atoms with Gasteiger partial charge in [0.2, 0.25) is 0 Å². The summed E-state index contributed by atoms with van der Waals surface area (Å²) >= 11 is 1.73. The highest BCUT2D eigenvalue weighted by atomic mass is 32.2. The minimum absolute atomic E-state index is 0.284. The number of carboxylic acid groups (broad SMARTS) is 1. The first-order valence-electron chi connectivity index (χ1n) is 4.86. The minimum atomic E-state index is -1.24. The quantitative estimate of drug-likeness (QED) is 0.750. The van der Waals surface area contributed by atoms with Crippen molar-refractivity contribution in [3.8, 4) is 0 Å². The third-order valence-corrected chi connectivity index (χ3v) is 2.69. The van der Waals surface area contributed by atoms with Crippen LogP contribution >= 0.6 is 11.8 Å². The zero-order valence-electron chi connectivity index (χ0n) is 9.00. The Bertz CT molecular complexity index is 371. The third kappa shape index (κ3) is 3.83. The van der Waals surface area contributed by atoms with Gasteiger partial charge in [-0.25, -0.2) is 9.18 Å². The predicted octanol–water partition coefficient (Wildman–Crippen LogP) is 1.98. The normalized spacial score (nSPS) is 10.4. The van der Waals surface area contributed by atoms with Crippen LogP contribution < -0.4 is 5.32 Å². The van der Waals surface area contributed by atoms with Crippen LogP contribution in [-0.4, -0.2) is 29.6 Å². The van der Waals surface area contributed by atoms with Crippen molar-refractivity contribution in [2.75, 3.05) is 18.6 Å². The molecule has 0 fully saturated rings. The van der Waals surface area contributed by atoms with Crippen LogP contribution in [0.15, 0.2) is 18.2 Å². The summed E-state index contributed by atoms with van der Waals surface area (Å²) in [5.74, 6) is -0.925. The number of nitrogens with one attached hydrogen (secondary N) is 1. The Morgan fingerprint density at radius 2 is 2.31 bits per heavy atom. The predicted molar refractivity (Wildman–Crippen MR) is 63.4 cm³/mol. The number of hydrogen-bond acceptors (Lipinski definition) is 3. The second-order valence-electron chi connectivity index (χ2n) is 3.29. The van der Waals surface area contributed by atoms with Crippen LogP contribution in [0, 0.1) is 5.82 Å². The second-order valence-corrected chi connectivity index (χ2v) is 4.27. The summed E-state index contributed by atoms with van der Waals surface area (Å²) < 4.78 is 13.3. The molecule has 3 nitrogen and oxygen atoms in total.